The number of carbonyl (C=O) groups excluding carboxylic acids is 6. The second-order valence-electron chi connectivity index (χ2n) is 15.2. The highest BCUT2D eigenvalue weighted by molar-refractivity contribution is 5.99. The van der Waals surface area contributed by atoms with Gasteiger partial charge in [-0.15, -0.1) is 0 Å². The molecule has 0 radical (unpaired) electrons. The lowest BCUT2D eigenvalue weighted by molar-refractivity contribution is -0.142. The van der Waals surface area contributed by atoms with Crippen molar-refractivity contribution < 1.29 is 38.4 Å². The predicted molar refractivity (Wildman–Crippen MR) is 209 cm³/mol. The van der Waals surface area contributed by atoms with E-state index in [9.17, 15) is 33.9 Å². The number of hydrogen-bond donors (Lipinski definition) is 7. The van der Waals surface area contributed by atoms with Crippen molar-refractivity contribution in [2.24, 2.45) is 5.92 Å². The van der Waals surface area contributed by atoms with Gasteiger partial charge in [-0.25, -0.2) is 0 Å². The fraction of sp³-hybridized carbons (Fsp3) is 0.439. The first-order valence-corrected chi connectivity index (χ1v) is 19.4. The Labute approximate surface area is 329 Å². The predicted octanol–water partition coefficient (Wildman–Crippen LogP) is 1.95. The molecular weight excluding hydrogens is 732 g/mol. The minimum Gasteiger partial charge on any atom is -0.391 e. The van der Waals surface area contributed by atoms with Gasteiger partial charge in [0.05, 0.1) is 6.10 Å². The Bertz CT molecular complexity index is 2080. The molecule has 2 aromatic carbocycles. The molecule has 6 rings (SSSR count). The lowest BCUT2D eigenvalue weighted by Gasteiger charge is -2.30. The van der Waals surface area contributed by atoms with Crippen molar-refractivity contribution in [2.75, 3.05) is 13.1 Å². The molecule has 302 valence electrons. The molecule has 6 atom stereocenters. The van der Waals surface area contributed by atoms with E-state index >= 15 is 0 Å². The summed E-state index contributed by atoms with van der Waals surface area (Å²) in [6, 6.07) is 12.6. The van der Waals surface area contributed by atoms with Crippen LogP contribution in [0.3, 0.4) is 0 Å². The van der Waals surface area contributed by atoms with E-state index in [1.165, 1.54) is 17.9 Å². The van der Waals surface area contributed by atoms with Gasteiger partial charge < -0.3 is 46.1 Å². The largest absolute Gasteiger partial charge is 0.391 e. The van der Waals surface area contributed by atoms with Crippen LogP contribution in [0.2, 0.25) is 0 Å². The Morgan fingerprint density at radius 2 is 1.67 bits per heavy atom. The summed E-state index contributed by atoms with van der Waals surface area (Å²) in [5, 5.41) is 29.3. The zero-order chi connectivity index (χ0) is 40.6. The molecule has 2 aliphatic rings. The molecule has 0 spiro atoms. The normalized spacial score (nSPS) is 24.4. The summed E-state index contributed by atoms with van der Waals surface area (Å²) in [6.45, 7) is 5.38. The third-order valence-corrected chi connectivity index (χ3v) is 10.3. The number of aromatic nitrogens is 2. The Morgan fingerprint density at radius 3 is 2.44 bits per heavy atom. The third kappa shape index (κ3) is 10.0. The van der Waals surface area contributed by atoms with Gasteiger partial charge in [-0.05, 0) is 50.2 Å². The van der Waals surface area contributed by atoms with Crippen LogP contribution in [-0.2, 0) is 30.4 Å². The Hall–Kier alpha value is -6.03. The summed E-state index contributed by atoms with van der Waals surface area (Å²) in [5.74, 6) is -3.76. The van der Waals surface area contributed by atoms with E-state index in [0.717, 1.165) is 22.0 Å². The van der Waals surface area contributed by atoms with Crippen molar-refractivity contribution in [1.82, 2.24) is 41.6 Å². The maximum absolute atomic E-state index is 14.2. The van der Waals surface area contributed by atoms with Crippen LogP contribution in [0.5, 0.6) is 0 Å². The second-order valence-corrected chi connectivity index (χ2v) is 15.2. The highest BCUT2D eigenvalue weighted by Crippen LogP contribution is 2.23. The molecule has 2 aliphatic heterocycles. The average Bonchev–Trinajstić information content (AvgIpc) is 3.95. The molecule has 7 N–H and O–H groups in total. The van der Waals surface area contributed by atoms with Gasteiger partial charge in [-0.1, -0.05) is 67.5 Å². The second kappa shape index (κ2) is 18.3. The summed E-state index contributed by atoms with van der Waals surface area (Å²) >= 11 is 0. The number of aromatic amines is 1. The van der Waals surface area contributed by atoms with Crippen molar-refractivity contribution in [3.05, 3.63) is 78.2 Å². The number of carbonyl (C=O) groups is 6. The van der Waals surface area contributed by atoms with Crippen LogP contribution in [0.15, 0.2) is 71.4 Å². The molecule has 0 unspecified atom stereocenters. The molecule has 16 nitrogen and oxygen atoms in total. The topological polar surface area (TPSA) is 228 Å². The van der Waals surface area contributed by atoms with E-state index in [1.807, 2.05) is 68.4 Å². The highest BCUT2D eigenvalue weighted by atomic mass is 16.5. The number of fused-ring (bicyclic) bond motifs is 2. The number of nitrogens with zero attached hydrogens (tertiary/aromatic N) is 2. The fourth-order valence-electron chi connectivity index (χ4n) is 7.31. The van der Waals surface area contributed by atoms with Crippen LogP contribution in [-0.4, -0.2) is 105 Å². The van der Waals surface area contributed by atoms with Crippen LogP contribution in [0.1, 0.15) is 69.0 Å². The van der Waals surface area contributed by atoms with E-state index in [4.69, 9.17) is 4.52 Å². The van der Waals surface area contributed by atoms with Crippen molar-refractivity contribution in [2.45, 2.75) is 95.6 Å². The average molecular weight is 783 g/mol. The number of H-pyrrole nitrogens is 1. The first kappa shape index (κ1) is 40.6. The molecule has 2 aromatic heterocycles. The first-order valence-electron chi connectivity index (χ1n) is 19.4. The number of nitrogens with one attached hydrogen (secondary N) is 6. The monoisotopic (exact) mass is 782 g/mol. The number of amides is 6. The number of benzene rings is 2. The summed E-state index contributed by atoms with van der Waals surface area (Å²) < 4.78 is 5.31. The van der Waals surface area contributed by atoms with Gasteiger partial charge in [-0.2, -0.15) is 0 Å². The van der Waals surface area contributed by atoms with E-state index in [-0.39, 0.29) is 50.5 Å². The van der Waals surface area contributed by atoms with Gasteiger partial charge in [0, 0.05) is 54.7 Å². The van der Waals surface area contributed by atoms with E-state index in [2.05, 4.69) is 36.7 Å². The molecule has 16 heteroatoms. The molecule has 57 heavy (non-hydrogen) atoms. The van der Waals surface area contributed by atoms with Gasteiger partial charge in [0.1, 0.15) is 35.9 Å². The number of aliphatic hydroxyl groups excluding tert-OH is 1. The summed E-state index contributed by atoms with van der Waals surface area (Å²) in [6.07, 6.45) is 2.04. The molecule has 4 heterocycles. The van der Waals surface area contributed by atoms with Gasteiger partial charge in [-0.3, -0.25) is 28.8 Å². The van der Waals surface area contributed by atoms with Crippen LogP contribution in [0, 0.1) is 5.92 Å². The van der Waals surface area contributed by atoms with E-state index in [1.54, 1.807) is 6.20 Å². The maximum atomic E-state index is 14.2. The third-order valence-electron chi connectivity index (χ3n) is 10.3. The Morgan fingerprint density at radius 1 is 0.930 bits per heavy atom. The highest BCUT2D eigenvalue weighted by Gasteiger charge is 2.42. The Balaban J connectivity index is 1.27. The number of aliphatic hydroxyl groups is 1. The SMILES string of the molecule is CC(C)C[C@H]1NC(=O)[C@H](Cc2c[nH]c3ccccc23)NC(=O)[C@@H](C)NC(=O)[C@@H](NC(=O)c2cc(-c3ccccc3)no2)CCCCNC(=O)[C@@H]2C[C@@H](O)CN2C1=O. The Kier molecular flexibility index (Phi) is 13.0. The van der Waals surface area contributed by atoms with E-state index < -0.39 is 71.8 Å². The maximum Gasteiger partial charge on any atom is 0.290 e. The van der Waals surface area contributed by atoms with Crippen LogP contribution < -0.4 is 26.6 Å². The van der Waals surface area contributed by atoms with Crippen LogP contribution in [0.25, 0.3) is 22.2 Å². The molecule has 0 aliphatic carbocycles. The summed E-state index contributed by atoms with van der Waals surface area (Å²) in [5.41, 5.74) is 2.73. The van der Waals surface area contributed by atoms with Crippen LogP contribution in [0.4, 0.5) is 0 Å². The fourth-order valence-corrected chi connectivity index (χ4v) is 7.31. The van der Waals surface area contributed by atoms with Crippen LogP contribution >= 0.6 is 0 Å². The quantitative estimate of drug-likeness (QED) is 0.145. The standard InChI is InChI=1S/C41H50N8O8/c1-23(2)17-33-41(56)49-22-27(50)19-34(49)39(54)42-16-10-9-15-30(45-40(55)35-20-31(48-57-35)25-11-5-4-6-12-25)37(52)44-24(3)36(51)46-32(38(53)47-33)18-26-21-43-29-14-8-7-13-28(26)29/h4-8,11-14,20-21,23-24,27,30,32-34,43,50H,9-10,15-19,22H2,1-3H3,(H,42,54)(H,44,52)(H,45,55)(H,46,51)(H,47,53)/t24-,27-,30+,32+,33-,34+/m1/s1. The van der Waals surface area contributed by atoms with Crippen molar-refractivity contribution in [3.63, 3.8) is 0 Å². The lowest BCUT2D eigenvalue weighted by atomic mass is 10.00. The molecule has 0 saturated carbocycles. The van der Waals surface area contributed by atoms with Gasteiger partial charge in [0.25, 0.3) is 5.91 Å². The number of rotatable bonds is 7. The zero-order valence-corrected chi connectivity index (χ0v) is 32.2. The molecule has 4 aromatic rings. The molecule has 6 amide bonds. The van der Waals surface area contributed by atoms with Crippen molar-refractivity contribution >= 4 is 46.3 Å². The number of para-hydroxylation sites is 1. The molecule has 2 fully saturated rings. The van der Waals surface area contributed by atoms with Gasteiger partial charge >= 0.3 is 0 Å². The molecular formula is C41H50N8O8. The van der Waals surface area contributed by atoms with Crippen molar-refractivity contribution in [3.8, 4) is 11.3 Å². The first-order chi connectivity index (χ1) is 27.4. The summed E-state index contributed by atoms with van der Waals surface area (Å²) in [4.78, 5) is 87.2. The van der Waals surface area contributed by atoms with Gasteiger partial charge in [0.2, 0.25) is 35.3 Å². The van der Waals surface area contributed by atoms with Gasteiger partial charge in [0.15, 0.2) is 0 Å². The summed E-state index contributed by atoms with van der Waals surface area (Å²) in [7, 11) is 0. The minimum absolute atomic E-state index is 0.0267. The zero-order valence-electron chi connectivity index (χ0n) is 32.2. The smallest absolute Gasteiger partial charge is 0.290 e. The van der Waals surface area contributed by atoms with Crippen molar-refractivity contribution in [1.29, 1.82) is 0 Å². The van der Waals surface area contributed by atoms with E-state index in [0.29, 0.717) is 18.5 Å². The minimum atomic E-state index is -1.19. The number of hydrogen-bond acceptors (Lipinski definition) is 9. The lowest BCUT2D eigenvalue weighted by Crippen LogP contribution is -2.59. The molecule has 0 bridgehead atoms. The molecule has 2 saturated heterocycles.